The molecule has 1 rings (SSSR count). The zero-order valence-corrected chi connectivity index (χ0v) is 9.76. The smallest absolute Gasteiger partial charge is 0.309 e. The molecule has 3 nitrogen and oxygen atoms in total. The number of ether oxygens (including phenoxy) is 1. The van der Waals surface area contributed by atoms with E-state index in [-0.39, 0.29) is 11.9 Å². The number of hydrogen-bond acceptors (Lipinski definition) is 4. The van der Waals surface area contributed by atoms with Gasteiger partial charge in [0.15, 0.2) is 0 Å². The van der Waals surface area contributed by atoms with E-state index >= 15 is 0 Å². The third-order valence-corrected chi connectivity index (χ3v) is 3.03. The van der Waals surface area contributed by atoms with Crippen molar-refractivity contribution in [3.63, 3.8) is 0 Å². The van der Waals surface area contributed by atoms with Crippen LogP contribution in [0.15, 0.2) is 17.5 Å². The van der Waals surface area contributed by atoms with E-state index < -0.39 is 0 Å². The van der Waals surface area contributed by atoms with E-state index in [1.165, 1.54) is 0 Å². The Balaban J connectivity index is 2.23. The first-order valence-corrected chi connectivity index (χ1v) is 6.01. The normalized spacial score (nSPS) is 12.4. The molecule has 1 unspecified atom stereocenters. The lowest BCUT2D eigenvalue weighted by atomic mass is 10.1. The number of thiophene rings is 1. The number of nitrogens with two attached hydrogens (primary N) is 1. The van der Waals surface area contributed by atoms with E-state index in [1.807, 2.05) is 24.4 Å². The van der Waals surface area contributed by atoms with E-state index in [0.717, 1.165) is 17.7 Å². The predicted molar refractivity (Wildman–Crippen MR) is 61.6 cm³/mol. The fraction of sp³-hybridized carbons (Fsp3) is 0.545. The molecular weight excluding hydrogens is 210 g/mol. The first-order valence-electron chi connectivity index (χ1n) is 5.13. The second-order valence-corrected chi connectivity index (χ2v) is 4.55. The van der Waals surface area contributed by atoms with Crippen LogP contribution in [-0.2, 0) is 16.1 Å². The minimum Gasteiger partial charge on any atom is -0.460 e. The van der Waals surface area contributed by atoms with Crippen LogP contribution in [0.5, 0.6) is 0 Å². The topological polar surface area (TPSA) is 52.3 Å². The fourth-order valence-corrected chi connectivity index (χ4v) is 1.84. The van der Waals surface area contributed by atoms with Crippen LogP contribution < -0.4 is 5.73 Å². The van der Waals surface area contributed by atoms with Gasteiger partial charge in [-0.2, -0.15) is 0 Å². The van der Waals surface area contributed by atoms with Crippen molar-refractivity contribution in [1.82, 2.24) is 0 Å². The highest BCUT2D eigenvalue weighted by Crippen LogP contribution is 2.12. The van der Waals surface area contributed by atoms with Gasteiger partial charge in [-0.05, 0) is 30.8 Å². The van der Waals surface area contributed by atoms with Crippen molar-refractivity contribution in [2.24, 2.45) is 11.7 Å². The zero-order valence-electron chi connectivity index (χ0n) is 8.94. The summed E-state index contributed by atoms with van der Waals surface area (Å²) in [7, 11) is 0. The van der Waals surface area contributed by atoms with Gasteiger partial charge in [0.1, 0.15) is 6.61 Å². The van der Waals surface area contributed by atoms with Gasteiger partial charge in [-0.1, -0.05) is 13.0 Å². The number of carbonyl (C=O) groups is 1. The Labute approximate surface area is 94.2 Å². The van der Waals surface area contributed by atoms with Crippen LogP contribution in [0, 0.1) is 5.92 Å². The SMILES string of the molecule is CC(CCCN)C(=O)OCc1cccs1. The van der Waals surface area contributed by atoms with Gasteiger partial charge in [-0.25, -0.2) is 0 Å². The predicted octanol–water partition coefficient (Wildman–Crippen LogP) is 2.17. The summed E-state index contributed by atoms with van der Waals surface area (Å²) >= 11 is 1.60. The molecule has 2 N–H and O–H groups in total. The molecule has 0 aromatic carbocycles. The molecule has 15 heavy (non-hydrogen) atoms. The molecule has 0 aliphatic carbocycles. The minimum atomic E-state index is -0.128. The standard InChI is InChI=1S/C11H17NO2S/c1-9(4-2-6-12)11(13)14-8-10-5-3-7-15-10/h3,5,7,9H,2,4,6,8,12H2,1H3. The highest BCUT2D eigenvalue weighted by molar-refractivity contribution is 7.09. The quantitative estimate of drug-likeness (QED) is 0.758. The molecule has 4 heteroatoms. The van der Waals surface area contributed by atoms with Gasteiger partial charge >= 0.3 is 5.97 Å². The molecule has 0 radical (unpaired) electrons. The molecule has 0 aliphatic rings. The summed E-state index contributed by atoms with van der Waals surface area (Å²) in [6.07, 6.45) is 1.68. The fourth-order valence-electron chi connectivity index (χ4n) is 1.22. The van der Waals surface area contributed by atoms with Crippen molar-refractivity contribution >= 4 is 17.3 Å². The molecule has 0 aliphatic heterocycles. The Bertz CT molecular complexity index is 285. The van der Waals surface area contributed by atoms with Crippen LogP contribution in [0.3, 0.4) is 0 Å². The molecule has 0 saturated carbocycles. The van der Waals surface area contributed by atoms with Crippen LogP contribution in [0.2, 0.25) is 0 Å². The lowest BCUT2D eigenvalue weighted by molar-refractivity contribution is -0.149. The Morgan fingerprint density at radius 3 is 3.07 bits per heavy atom. The highest BCUT2D eigenvalue weighted by Gasteiger charge is 2.13. The van der Waals surface area contributed by atoms with Crippen molar-refractivity contribution in [2.75, 3.05) is 6.54 Å². The molecule has 1 atom stereocenters. The molecule has 0 bridgehead atoms. The van der Waals surface area contributed by atoms with Crippen LogP contribution in [0.25, 0.3) is 0 Å². The monoisotopic (exact) mass is 227 g/mol. The molecule has 0 saturated heterocycles. The summed E-state index contributed by atoms with van der Waals surface area (Å²) in [5, 5.41) is 1.97. The molecule has 0 amide bonds. The molecule has 1 aromatic heterocycles. The van der Waals surface area contributed by atoms with Gasteiger partial charge in [-0.3, -0.25) is 4.79 Å². The summed E-state index contributed by atoms with van der Waals surface area (Å²) in [6.45, 7) is 2.90. The number of rotatable bonds is 6. The number of hydrogen-bond donors (Lipinski definition) is 1. The van der Waals surface area contributed by atoms with Gasteiger partial charge in [0, 0.05) is 4.88 Å². The molecular formula is C11H17NO2S. The first kappa shape index (κ1) is 12.2. The molecule has 0 spiro atoms. The number of esters is 1. The summed E-state index contributed by atoms with van der Waals surface area (Å²) in [5.74, 6) is -0.176. The average molecular weight is 227 g/mol. The third-order valence-electron chi connectivity index (χ3n) is 2.18. The lowest BCUT2D eigenvalue weighted by Crippen LogP contribution is -2.15. The second kappa shape index (κ2) is 6.58. The molecule has 0 fully saturated rings. The van der Waals surface area contributed by atoms with E-state index in [4.69, 9.17) is 10.5 Å². The Morgan fingerprint density at radius 1 is 1.67 bits per heavy atom. The largest absolute Gasteiger partial charge is 0.460 e. The maximum atomic E-state index is 11.5. The summed E-state index contributed by atoms with van der Waals surface area (Å²) in [6, 6.07) is 3.91. The van der Waals surface area contributed by atoms with Crippen molar-refractivity contribution < 1.29 is 9.53 Å². The summed E-state index contributed by atoms with van der Waals surface area (Å²) in [4.78, 5) is 12.6. The Kier molecular flexibility index (Phi) is 5.36. The van der Waals surface area contributed by atoms with Gasteiger partial charge < -0.3 is 10.5 Å². The second-order valence-electron chi connectivity index (χ2n) is 3.52. The van der Waals surface area contributed by atoms with Gasteiger partial charge in [0.2, 0.25) is 0 Å². The average Bonchev–Trinajstić information content (AvgIpc) is 2.75. The van der Waals surface area contributed by atoms with E-state index in [9.17, 15) is 4.79 Å². The van der Waals surface area contributed by atoms with Gasteiger partial charge in [0.25, 0.3) is 0 Å². The Morgan fingerprint density at radius 2 is 2.47 bits per heavy atom. The highest BCUT2D eigenvalue weighted by atomic mass is 32.1. The van der Waals surface area contributed by atoms with Gasteiger partial charge in [-0.15, -0.1) is 11.3 Å². The van der Waals surface area contributed by atoms with Crippen LogP contribution >= 0.6 is 11.3 Å². The maximum Gasteiger partial charge on any atom is 0.309 e. The lowest BCUT2D eigenvalue weighted by Gasteiger charge is -2.09. The van der Waals surface area contributed by atoms with Crippen molar-refractivity contribution in [3.8, 4) is 0 Å². The van der Waals surface area contributed by atoms with Crippen LogP contribution in [0.4, 0.5) is 0 Å². The molecule has 84 valence electrons. The molecule has 1 aromatic rings. The first-order chi connectivity index (χ1) is 7.24. The maximum absolute atomic E-state index is 11.5. The van der Waals surface area contributed by atoms with Crippen molar-refractivity contribution in [1.29, 1.82) is 0 Å². The van der Waals surface area contributed by atoms with E-state index in [0.29, 0.717) is 13.2 Å². The Hall–Kier alpha value is -0.870. The van der Waals surface area contributed by atoms with E-state index in [1.54, 1.807) is 11.3 Å². The minimum absolute atomic E-state index is 0.0477. The zero-order chi connectivity index (χ0) is 11.1. The van der Waals surface area contributed by atoms with Crippen molar-refractivity contribution in [2.45, 2.75) is 26.4 Å². The van der Waals surface area contributed by atoms with Crippen LogP contribution in [0.1, 0.15) is 24.6 Å². The van der Waals surface area contributed by atoms with Gasteiger partial charge in [0.05, 0.1) is 5.92 Å². The summed E-state index contributed by atoms with van der Waals surface area (Å²) < 4.78 is 5.18. The number of carbonyl (C=O) groups excluding carboxylic acids is 1. The van der Waals surface area contributed by atoms with Crippen LogP contribution in [-0.4, -0.2) is 12.5 Å². The van der Waals surface area contributed by atoms with E-state index in [2.05, 4.69) is 0 Å². The summed E-state index contributed by atoms with van der Waals surface area (Å²) in [5.41, 5.74) is 5.38. The third kappa shape index (κ3) is 4.44. The van der Waals surface area contributed by atoms with Crippen molar-refractivity contribution in [3.05, 3.63) is 22.4 Å². The molecule has 1 heterocycles.